The summed E-state index contributed by atoms with van der Waals surface area (Å²) in [7, 11) is 0. The predicted molar refractivity (Wildman–Crippen MR) is 118 cm³/mol. The number of halogens is 3. The van der Waals surface area contributed by atoms with Gasteiger partial charge in [0, 0.05) is 32.7 Å². The minimum Gasteiger partial charge on any atom is -0.336 e. The van der Waals surface area contributed by atoms with Gasteiger partial charge in [0.15, 0.2) is 5.69 Å². The number of benzene rings is 1. The molecule has 0 atom stereocenters. The van der Waals surface area contributed by atoms with Gasteiger partial charge in [-0.05, 0) is 50.0 Å². The van der Waals surface area contributed by atoms with Crippen molar-refractivity contribution in [3.63, 3.8) is 0 Å². The summed E-state index contributed by atoms with van der Waals surface area (Å²) in [5.74, 6) is -0.252. The van der Waals surface area contributed by atoms with Crippen molar-refractivity contribution in [1.82, 2.24) is 30.1 Å². The number of amides is 1. The largest absolute Gasteiger partial charge is 0.336 e. The molecule has 2 aromatic rings. The summed E-state index contributed by atoms with van der Waals surface area (Å²) < 4.78 is 14.9. The van der Waals surface area contributed by atoms with Crippen LogP contribution in [-0.2, 0) is 6.54 Å². The minimum absolute atomic E-state index is 0. The molecule has 10 heteroatoms. The average Bonchev–Trinajstić information content (AvgIpc) is 3.11. The fourth-order valence-corrected chi connectivity index (χ4v) is 3.97. The smallest absolute Gasteiger partial charge is 0.276 e. The van der Waals surface area contributed by atoms with Crippen molar-refractivity contribution in [3.8, 4) is 0 Å². The van der Waals surface area contributed by atoms with Crippen LogP contribution in [-0.4, -0.2) is 70.0 Å². The molecule has 2 saturated heterocycles. The number of hydrogen-bond acceptors (Lipinski definition) is 5. The lowest BCUT2D eigenvalue weighted by atomic mass is 10.1. The number of piperidine rings is 1. The zero-order valence-corrected chi connectivity index (χ0v) is 18.5. The molecule has 0 bridgehead atoms. The molecular weight excluding hydrogens is 430 g/mol. The maximum Gasteiger partial charge on any atom is 0.276 e. The molecule has 166 valence electrons. The first-order valence-electron chi connectivity index (χ1n) is 10.1. The summed E-state index contributed by atoms with van der Waals surface area (Å²) in [5, 5.41) is 11.7. The Hall–Kier alpha value is -1.74. The van der Waals surface area contributed by atoms with Crippen LogP contribution >= 0.6 is 24.8 Å². The monoisotopic (exact) mass is 458 g/mol. The first-order valence-corrected chi connectivity index (χ1v) is 10.1. The highest BCUT2D eigenvalue weighted by molar-refractivity contribution is 5.92. The molecule has 1 amide bonds. The molecule has 0 unspecified atom stereocenters. The molecule has 3 heterocycles. The van der Waals surface area contributed by atoms with Crippen molar-refractivity contribution in [3.05, 3.63) is 47.5 Å². The lowest BCUT2D eigenvalue weighted by Crippen LogP contribution is -2.35. The zero-order valence-electron chi connectivity index (χ0n) is 16.9. The Balaban J connectivity index is 0.00000160. The maximum absolute atomic E-state index is 13.1. The fraction of sp³-hybridized carbons (Fsp3) is 0.550. The van der Waals surface area contributed by atoms with Gasteiger partial charge >= 0.3 is 0 Å². The van der Waals surface area contributed by atoms with E-state index in [-0.39, 0.29) is 36.5 Å². The Bertz CT molecular complexity index is 797. The Labute approximate surface area is 188 Å². The average molecular weight is 459 g/mol. The summed E-state index contributed by atoms with van der Waals surface area (Å²) in [6.07, 6.45) is 4.74. The third-order valence-electron chi connectivity index (χ3n) is 5.61. The maximum atomic E-state index is 13.1. The van der Waals surface area contributed by atoms with Crippen LogP contribution in [0.15, 0.2) is 30.5 Å². The molecule has 1 aromatic heterocycles. The van der Waals surface area contributed by atoms with E-state index in [2.05, 4.69) is 20.5 Å². The fourth-order valence-electron chi connectivity index (χ4n) is 3.97. The predicted octanol–water partition coefficient (Wildman–Crippen LogP) is 2.53. The van der Waals surface area contributed by atoms with Gasteiger partial charge in [-0.25, -0.2) is 9.07 Å². The number of carbonyl (C=O) groups is 1. The molecule has 7 nitrogen and oxygen atoms in total. The van der Waals surface area contributed by atoms with E-state index in [9.17, 15) is 9.18 Å². The standard InChI is InChI=1S/C20H27FN6O.2ClH/c21-17-4-2-16(3-5-17)14-25-10-1-11-26(13-12-25)20(28)19-15-27(24-23-19)18-6-8-22-9-7-18;;/h2-5,15,18,22H,1,6-14H2;2*1H. The topological polar surface area (TPSA) is 66.3 Å². The number of aromatic nitrogens is 3. The first-order chi connectivity index (χ1) is 13.7. The number of rotatable bonds is 4. The van der Waals surface area contributed by atoms with E-state index in [4.69, 9.17) is 0 Å². The van der Waals surface area contributed by atoms with Gasteiger partial charge in [0.25, 0.3) is 5.91 Å². The summed E-state index contributed by atoms with van der Waals surface area (Å²) >= 11 is 0. The molecule has 1 aromatic carbocycles. The molecular formula is C20H29Cl2FN6O. The zero-order chi connectivity index (χ0) is 19.3. The Morgan fingerprint density at radius 2 is 1.80 bits per heavy atom. The third-order valence-corrected chi connectivity index (χ3v) is 5.61. The highest BCUT2D eigenvalue weighted by Crippen LogP contribution is 2.18. The van der Waals surface area contributed by atoms with Crippen LogP contribution in [0.4, 0.5) is 4.39 Å². The van der Waals surface area contributed by atoms with Gasteiger partial charge in [0.2, 0.25) is 0 Å². The van der Waals surface area contributed by atoms with Crippen LogP contribution in [0.2, 0.25) is 0 Å². The number of nitrogens with one attached hydrogen (secondary N) is 1. The van der Waals surface area contributed by atoms with E-state index in [1.54, 1.807) is 6.20 Å². The highest BCUT2D eigenvalue weighted by atomic mass is 35.5. The molecule has 30 heavy (non-hydrogen) atoms. The Morgan fingerprint density at radius 1 is 1.07 bits per heavy atom. The van der Waals surface area contributed by atoms with E-state index >= 15 is 0 Å². The van der Waals surface area contributed by atoms with E-state index in [1.807, 2.05) is 21.7 Å². The van der Waals surface area contributed by atoms with E-state index < -0.39 is 0 Å². The lowest BCUT2D eigenvalue weighted by molar-refractivity contribution is 0.0755. The SMILES string of the molecule is Cl.Cl.O=C(c1cn(C2CCNCC2)nn1)N1CCCN(Cc2ccc(F)cc2)CC1. The van der Waals surface area contributed by atoms with Crippen molar-refractivity contribution in [2.45, 2.75) is 31.8 Å². The molecule has 2 fully saturated rings. The Kier molecular flexibility index (Phi) is 9.48. The number of hydrogen-bond donors (Lipinski definition) is 1. The normalized spacial score (nSPS) is 18.2. The van der Waals surface area contributed by atoms with Gasteiger partial charge in [0.1, 0.15) is 5.82 Å². The van der Waals surface area contributed by atoms with Gasteiger partial charge in [-0.15, -0.1) is 29.9 Å². The molecule has 1 N–H and O–H groups in total. The number of carbonyl (C=O) groups excluding carboxylic acids is 1. The van der Waals surface area contributed by atoms with Crippen LogP contribution in [0.25, 0.3) is 0 Å². The van der Waals surface area contributed by atoms with Crippen LogP contribution in [0.3, 0.4) is 0 Å². The third kappa shape index (κ3) is 6.14. The van der Waals surface area contributed by atoms with Gasteiger partial charge in [-0.3, -0.25) is 9.69 Å². The van der Waals surface area contributed by atoms with Crippen molar-refractivity contribution < 1.29 is 9.18 Å². The van der Waals surface area contributed by atoms with Gasteiger partial charge in [-0.2, -0.15) is 0 Å². The van der Waals surface area contributed by atoms with E-state index in [0.717, 1.165) is 64.1 Å². The summed E-state index contributed by atoms with van der Waals surface area (Å²) in [6.45, 7) is 5.83. The second-order valence-electron chi connectivity index (χ2n) is 7.61. The molecule has 2 aliphatic heterocycles. The number of nitrogens with zero attached hydrogens (tertiary/aromatic N) is 5. The molecule has 0 spiro atoms. The second kappa shape index (κ2) is 11.6. The second-order valence-corrected chi connectivity index (χ2v) is 7.61. The van der Waals surface area contributed by atoms with E-state index in [1.165, 1.54) is 12.1 Å². The quantitative estimate of drug-likeness (QED) is 0.762. The van der Waals surface area contributed by atoms with Crippen LogP contribution < -0.4 is 5.32 Å². The summed E-state index contributed by atoms with van der Waals surface area (Å²) in [4.78, 5) is 17.1. The molecule has 0 saturated carbocycles. The molecule has 0 aliphatic carbocycles. The summed E-state index contributed by atoms with van der Waals surface area (Å²) in [5.41, 5.74) is 1.52. The van der Waals surface area contributed by atoms with Crippen molar-refractivity contribution in [2.75, 3.05) is 39.3 Å². The van der Waals surface area contributed by atoms with Gasteiger partial charge in [-0.1, -0.05) is 17.3 Å². The minimum atomic E-state index is -0.214. The van der Waals surface area contributed by atoms with Crippen molar-refractivity contribution >= 4 is 30.7 Å². The lowest BCUT2D eigenvalue weighted by Gasteiger charge is -2.22. The Morgan fingerprint density at radius 3 is 2.53 bits per heavy atom. The van der Waals surface area contributed by atoms with Crippen molar-refractivity contribution in [1.29, 1.82) is 0 Å². The van der Waals surface area contributed by atoms with Crippen LogP contribution in [0, 0.1) is 5.82 Å². The van der Waals surface area contributed by atoms with Gasteiger partial charge in [0.05, 0.1) is 12.2 Å². The molecule has 4 rings (SSSR count). The summed E-state index contributed by atoms with van der Waals surface area (Å²) in [6, 6.07) is 6.96. The van der Waals surface area contributed by atoms with Gasteiger partial charge < -0.3 is 10.2 Å². The van der Waals surface area contributed by atoms with Crippen molar-refractivity contribution in [2.24, 2.45) is 0 Å². The van der Waals surface area contributed by atoms with E-state index in [0.29, 0.717) is 18.3 Å². The molecule has 2 aliphatic rings. The first kappa shape index (κ1) is 24.5. The highest BCUT2D eigenvalue weighted by Gasteiger charge is 2.24. The van der Waals surface area contributed by atoms with Crippen LogP contribution in [0.1, 0.15) is 41.4 Å². The van der Waals surface area contributed by atoms with Crippen LogP contribution in [0.5, 0.6) is 0 Å². The molecule has 0 radical (unpaired) electrons.